The molecule has 0 aliphatic carbocycles. The molecule has 4 N–H and O–H groups in total. The summed E-state index contributed by atoms with van der Waals surface area (Å²) in [4.78, 5) is 12.8. The van der Waals surface area contributed by atoms with Gasteiger partial charge in [-0.2, -0.15) is 11.3 Å². The first-order valence-electron chi connectivity index (χ1n) is 7.74. The summed E-state index contributed by atoms with van der Waals surface area (Å²) in [6.07, 6.45) is -1.21. The highest BCUT2D eigenvalue weighted by molar-refractivity contribution is 7.07. The number of nitrogens with zero attached hydrogens (tertiary/aromatic N) is 4. The maximum absolute atomic E-state index is 10.2. The van der Waals surface area contributed by atoms with E-state index in [0.717, 1.165) is 5.56 Å². The van der Waals surface area contributed by atoms with E-state index in [1.54, 1.807) is 11.3 Å². The van der Waals surface area contributed by atoms with Crippen LogP contribution in [0.2, 0.25) is 0 Å². The Bertz CT molecular complexity index is 855. The molecular weight excluding hydrogens is 346 g/mol. The van der Waals surface area contributed by atoms with Gasteiger partial charge in [-0.25, -0.2) is 15.0 Å². The minimum atomic E-state index is -1.19. The minimum Gasteiger partial charge on any atom is -0.394 e. The minimum absolute atomic E-state index is 0.385. The summed E-state index contributed by atoms with van der Waals surface area (Å²) < 4.78 is 7.08. The van der Waals surface area contributed by atoms with Crippen LogP contribution in [0.4, 0.5) is 5.82 Å². The van der Waals surface area contributed by atoms with E-state index < -0.39 is 24.5 Å². The van der Waals surface area contributed by atoms with Gasteiger partial charge in [0.25, 0.3) is 0 Å². The average molecular weight is 363 g/mol. The van der Waals surface area contributed by atoms with E-state index in [-0.39, 0.29) is 6.61 Å². The highest BCUT2D eigenvalue weighted by atomic mass is 32.1. The molecule has 3 aromatic rings. The van der Waals surface area contributed by atoms with Crippen molar-refractivity contribution >= 4 is 28.3 Å². The van der Waals surface area contributed by atoms with Crippen molar-refractivity contribution in [3.63, 3.8) is 0 Å². The number of hydrogen-bond donors (Lipinski definition) is 4. The Morgan fingerprint density at radius 3 is 2.84 bits per heavy atom. The van der Waals surface area contributed by atoms with Gasteiger partial charge in [0.2, 0.25) is 0 Å². The maximum Gasteiger partial charge on any atom is 0.167 e. The van der Waals surface area contributed by atoms with Gasteiger partial charge in [-0.1, -0.05) is 0 Å². The second kappa shape index (κ2) is 6.65. The fraction of sp³-hybridized carbons (Fsp3) is 0.400. The van der Waals surface area contributed by atoms with E-state index in [2.05, 4.69) is 20.3 Å². The largest absolute Gasteiger partial charge is 0.394 e. The van der Waals surface area contributed by atoms with Crippen LogP contribution in [0.5, 0.6) is 0 Å². The third-order valence-electron chi connectivity index (χ3n) is 4.19. The molecule has 4 unspecified atom stereocenters. The van der Waals surface area contributed by atoms with Crippen LogP contribution in [0.15, 0.2) is 29.5 Å². The predicted octanol–water partition coefficient (Wildman–Crippen LogP) is 0.111. The second-order valence-electron chi connectivity index (χ2n) is 5.76. The fourth-order valence-corrected chi connectivity index (χ4v) is 3.52. The third-order valence-corrected chi connectivity index (χ3v) is 4.92. The van der Waals surface area contributed by atoms with Gasteiger partial charge in [0.05, 0.1) is 12.9 Å². The molecule has 132 valence electrons. The Hall–Kier alpha value is -2.11. The lowest BCUT2D eigenvalue weighted by molar-refractivity contribution is -0.0511. The highest BCUT2D eigenvalue weighted by Gasteiger charge is 2.44. The number of ether oxygens (including phenoxy) is 1. The van der Waals surface area contributed by atoms with Crippen LogP contribution in [0.25, 0.3) is 11.2 Å². The molecular formula is C15H17N5O4S. The number of thiophene rings is 1. The van der Waals surface area contributed by atoms with E-state index in [1.165, 1.54) is 17.2 Å². The second-order valence-corrected chi connectivity index (χ2v) is 6.54. The zero-order valence-corrected chi connectivity index (χ0v) is 13.9. The standard InChI is InChI=1S/C15H17N5O4S/c21-4-9-11(22)12(23)15(24-9)20-7-19-10-13(17-6-18-14(10)20)16-3-8-1-2-25-5-8/h1-2,5-7,9,11-12,15,21-23H,3-4H2,(H,16,17,18). The van der Waals surface area contributed by atoms with E-state index in [9.17, 15) is 15.3 Å². The maximum atomic E-state index is 10.2. The summed E-state index contributed by atoms with van der Waals surface area (Å²) >= 11 is 1.62. The lowest BCUT2D eigenvalue weighted by Crippen LogP contribution is -2.33. The van der Waals surface area contributed by atoms with E-state index >= 15 is 0 Å². The van der Waals surface area contributed by atoms with Crippen LogP contribution < -0.4 is 5.32 Å². The lowest BCUT2D eigenvalue weighted by atomic mass is 10.1. The number of hydrogen-bond acceptors (Lipinski definition) is 9. The van der Waals surface area contributed by atoms with Crippen molar-refractivity contribution in [3.8, 4) is 0 Å². The molecule has 3 aromatic heterocycles. The molecule has 9 nitrogen and oxygen atoms in total. The van der Waals surface area contributed by atoms with Gasteiger partial charge >= 0.3 is 0 Å². The molecule has 1 aliphatic rings. The number of aliphatic hydroxyl groups excluding tert-OH is 3. The van der Waals surface area contributed by atoms with Crippen molar-refractivity contribution in [1.82, 2.24) is 19.5 Å². The molecule has 0 radical (unpaired) electrons. The zero-order valence-electron chi connectivity index (χ0n) is 13.1. The number of fused-ring (bicyclic) bond motifs is 1. The van der Waals surface area contributed by atoms with Crippen LogP contribution in [0.3, 0.4) is 0 Å². The molecule has 0 bridgehead atoms. The summed E-state index contributed by atoms with van der Waals surface area (Å²) in [5.41, 5.74) is 2.15. The summed E-state index contributed by atoms with van der Waals surface area (Å²) in [5, 5.41) is 36.6. The number of anilines is 1. The first-order valence-corrected chi connectivity index (χ1v) is 8.68. The van der Waals surface area contributed by atoms with E-state index in [4.69, 9.17) is 4.74 Å². The lowest BCUT2D eigenvalue weighted by Gasteiger charge is -2.16. The van der Waals surface area contributed by atoms with Crippen LogP contribution in [0.1, 0.15) is 11.8 Å². The molecule has 25 heavy (non-hydrogen) atoms. The Morgan fingerprint density at radius 1 is 1.24 bits per heavy atom. The number of rotatable bonds is 5. The quantitative estimate of drug-likeness (QED) is 0.503. The predicted molar refractivity (Wildman–Crippen MR) is 90.0 cm³/mol. The van der Waals surface area contributed by atoms with E-state index in [1.807, 2.05) is 16.8 Å². The molecule has 0 saturated carbocycles. The average Bonchev–Trinajstić information content (AvgIpc) is 3.34. The van der Waals surface area contributed by atoms with Crippen molar-refractivity contribution < 1.29 is 20.1 Å². The summed E-state index contributed by atoms with van der Waals surface area (Å²) in [7, 11) is 0. The Labute approximate surface area is 146 Å². The monoisotopic (exact) mass is 363 g/mol. The third kappa shape index (κ3) is 2.87. The van der Waals surface area contributed by atoms with Crippen LogP contribution >= 0.6 is 11.3 Å². The van der Waals surface area contributed by atoms with Crippen molar-refractivity contribution in [2.75, 3.05) is 11.9 Å². The van der Waals surface area contributed by atoms with Gasteiger partial charge < -0.3 is 25.4 Å². The van der Waals surface area contributed by atoms with Crippen LogP contribution in [-0.2, 0) is 11.3 Å². The van der Waals surface area contributed by atoms with E-state index in [0.29, 0.717) is 23.5 Å². The van der Waals surface area contributed by atoms with Gasteiger partial charge in [-0.15, -0.1) is 0 Å². The fourth-order valence-electron chi connectivity index (χ4n) is 2.86. The van der Waals surface area contributed by atoms with Gasteiger partial charge in [-0.3, -0.25) is 4.57 Å². The Morgan fingerprint density at radius 2 is 2.12 bits per heavy atom. The molecule has 1 fully saturated rings. The number of nitrogens with one attached hydrogen (secondary N) is 1. The SMILES string of the molecule is OCC1OC(n2cnc3c(NCc4ccsc4)ncnc32)C(O)C1O. The van der Waals surface area contributed by atoms with Gasteiger partial charge in [0.15, 0.2) is 23.2 Å². The molecule has 0 amide bonds. The normalized spacial score (nSPS) is 26.4. The van der Waals surface area contributed by atoms with Crippen molar-refractivity contribution in [3.05, 3.63) is 35.0 Å². The van der Waals surface area contributed by atoms with Crippen LogP contribution in [0, 0.1) is 0 Å². The first-order chi connectivity index (χ1) is 12.2. The molecule has 1 saturated heterocycles. The van der Waals surface area contributed by atoms with Crippen molar-refractivity contribution in [2.45, 2.75) is 31.1 Å². The first kappa shape index (κ1) is 16.4. The number of imidazole rings is 1. The molecule has 10 heteroatoms. The Kier molecular flexibility index (Phi) is 4.36. The van der Waals surface area contributed by atoms with Crippen molar-refractivity contribution in [2.24, 2.45) is 0 Å². The zero-order chi connectivity index (χ0) is 17.4. The van der Waals surface area contributed by atoms with Gasteiger partial charge in [0, 0.05) is 6.54 Å². The number of aromatic nitrogens is 4. The number of aliphatic hydroxyl groups is 3. The summed E-state index contributed by atoms with van der Waals surface area (Å²) in [6, 6.07) is 2.02. The summed E-state index contributed by atoms with van der Waals surface area (Å²) in [5.74, 6) is 0.571. The van der Waals surface area contributed by atoms with Gasteiger partial charge in [-0.05, 0) is 22.4 Å². The van der Waals surface area contributed by atoms with Gasteiger partial charge in [0.1, 0.15) is 24.6 Å². The molecule has 4 atom stereocenters. The molecule has 4 rings (SSSR count). The molecule has 0 spiro atoms. The summed E-state index contributed by atoms with van der Waals surface area (Å²) in [6.45, 7) is 0.222. The molecule has 0 aromatic carbocycles. The topological polar surface area (TPSA) is 126 Å². The molecule has 1 aliphatic heterocycles. The Balaban J connectivity index is 1.63. The smallest absolute Gasteiger partial charge is 0.167 e. The van der Waals surface area contributed by atoms with Crippen LogP contribution in [-0.4, -0.2) is 59.8 Å². The molecule has 4 heterocycles. The highest BCUT2D eigenvalue weighted by Crippen LogP contribution is 2.32. The van der Waals surface area contributed by atoms with Crippen molar-refractivity contribution in [1.29, 1.82) is 0 Å².